The minimum absolute atomic E-state index is 0.182. The Bertz CT molecular complexity index is 575. The normalized spacial score (nSPS) is 13.8. The van der Waals surface area contributed by atoms with Gasteiger partial charge in [0.2, 0.25) is 5.91 Å². The van der Waals surface area contributed by atoms with Crippen LogP contribution in [0.5, 0.6) is 0 Å². The van der Waals surface area contributed by atoms with Crippen molar-refractivity contribution >= 4 is 11.6 Å². The fraction of sp³-hybridized carbons (Fsp3) is 0.333. The smallest absolute Gasteiger partial charge is 0.244 e. The second-order valence-corrected chi connectivity index (χ2v) is 5.09. The van der Waals surface area contributed by atoms with Crippen LogP contribution in [0, 0.1) is 0 Å². The van der Waals surface area contributed by atoms with Crippen LogP contribution in [0.15, 0.2) is 42.7 Å². The van der Waals surface area contributed by atoms with Crippen LogP contribution in [-0.2, 0) is 4.79 Å². The molecule has 0 saturated carbocycles. The SMILES string of the molecule is CCCC(C)(N)C(=O)Nc1ccccc1-n1cccn1. The topological polar surface area (TPSA) is 72.9 Å². The lowest BCUT2D eigenvalue weighted by atomic mass is 9.96. The van der Waals surface area contributed by atoms with Crippen LogP contribution in [0.25, 0.3) is 5.69 Å². The molecule has 0 aliphatic carbocycles. The largest absolute Gasteiger partial charge is 0.323 e. The second-order valence-electron chi connectivity index (χ2n) is 5.09. The molecule has 1 amide bonds. The van der Waals surface area contributed by atoms with Crippen molar-refractivity contribution in [2.45, 2.75) is 32.2 Å². The van der Waals surface area contributed by atoms with E-state index in [0.29, 0.717) is 12.1 Å². The fourth-order valence-electron chi connectivity index (χ4n) is 2.09. The highest BCUT2D eigenvalue weighted by molar-refractivity contribution is 5.99. The summed E-state index contributed by atoms with van der Waals surface area (Å²) in [5, 5.41) is 7.09. The van der Waals surface area contributed by atoms with Crippen molar-refractivity contribution in [3.8, 4) is 5.69 Å². The van der Waals surface area contributed by atoms with Crippen LogP contribution in [0.2, 0.25) is 0 Å². The molecule has 0 fully saturated rings. The van der Waals surface area contributed by atoms with Crippen molar-refractivity contribution in [2.24, 2.45) is 5.73 Å². The molecule has 0 saturated heterocycles. The first-order valence-corrected chi connectivity index (χ1v) is 6.74. The number of nitrogens with zero attached hydrogens (tertiary/aromatic N) is 2. The van der Waals surface area contributed by atoms with Crippen LogP contribution < -0.4 is 11.1 Å². The Morgan fingerprint density at radius 2 is 2.15 bits per heavy atom. The number of anilines is 1. The molecular formula is C15H20N4O. The van der Waals surface area contributed by atoms with E-state index >= 15 is 0 Å². The van der Waals surface area contributed by atoms with Gasteiger partial charge >= 0.3 is 0 Å². The zero-order chi connectivity index (χ0) is 14.6. The van der Waals surface area contributed by atoms with Gasteiger partial charge < -0.3 is 11.1 Å². The molecule has 1 unspecified atom stereocenters. The summed E-state index contributed by atoms with van der Waals surface area (Å²) in [4.78, 5) is 12.3. The van der Waals surface area contributed by atoms with Crippen LogP contribution in [0.1, 0.15) is 26.7 Å². The summed E-state index contributed by atoms with van der Waals surface area (Å²) in [6, 6.07) is 9.35. The molecule has 5 nitrogen and oxygen atoms in total. The molecule has 1 heterocycles. The van der Waals surface area contributed by atoms with Crippen molar-refractivity contribution in [1.82, 2.24) is 9.78 Å². The third-order valence-electron chi connectivity index (χ3n) is 3.19. The van der Waals surface area contributed by atoms with Gasteiger partial charge in [0.05, 0.1) is 16.9 Å². The lowest BCUT2D eigenvalue weighted by Gasteiger charge is -2.23. The third kappa shape index (κ3) is 3.05. The molecule has 20 heavy (non-hydrogen) atoms. The third-order valence-corrected chi connectivity index (χ3v) is 3.19. The molecule has 0 radical (unpaired) electrons. The summed E-state index contributed by atoms with van der Waals surface area (Å²) in [6.45, 7) is 3.76. The van der Waals surface area contributed by atoms with Crippen molar-refractivity contribution in [3.63, 3.8) is 0 Å². The number of para-hydroxylation sites is 2. The molecule has 0 bridgehead atoms. The number of carbonyl (C=O) groups excluding carboxylic acids is 1. The number of hydrogen-bond donors (Lipinski definition) is 2. The van der Waals surface area contributed by atoms with Gasteiger partial charge in [0.15, 0.2) is 0 Å². The van der Waals surface area contributed by atoms with Crippen molar-refractivity contribution in [1.29, 1.82) is 0 Å². The average Bonchev–Trinajstić information content (AvgIpc) is 2.93. The van der Waals surface area contributed by atoms with E-state index in [1.807, 2.05) is 43.5 Å². The molecule has 106 valence electrons. The molecule has 1 aromatic heterocycles. The summed E-state index contributed by atoms with van der Waals surface area (Å²) in [7, 11) is 0. The number of rotatable bonds is 5. The maximum atomic E-state index is 12.3. The standard InChI is InChI=1S/C15H20N4O/c1-3-9-15(2,16)14(20)18-12-7-4-5-8-13(12)19-11-6-10-17-19/h4-8,10-11H,3,9,16H2,1-2H3,(H,18,20). The molecule has 0 aliphatic heterocycles. The number of carbonyl (C=O) groups is 1. The fourth-order valence-corrected chi connectivity index (χ4v) is 2.09. The van der Waals surface area contributed by atoms with Gasteiger partial charge in [-0.3, -0.25) is 4.79 Å². The summed E-state index contributed by atoms with van der Waals surface area (Å²) in [6.07, 6.45) is 5.03. The predicted molar refractivity (Wildman–Crippen MR) is 79.7 cm³/mol. The molecule has 2 aromatic rings. The maximum Gasteiger partial charge on any atom is 0.244 e. The van der Waals surface area contributed by atoms with Gasteiger partial charge in [-0.15, -0.1) is 0 Å². The maximum absolute atomic E-state index is 12.3. The number of aromatic nitrogens is 2. The molecule has 1 aromatic carbocycles. The van der Waals surface area contributed by atoms with E-state index in [2.05, 4.69) is 10.4 Å². The van der Waals surface area contributed by atoms with E-state index in [1.54, 1.807) is 17.8 Å². The van der Waals surface area contributed by atoms with Gasteiger partial charge in [-0.05, 0) is 31.5 Å². The highest BCUT2D eigenvalue weighted by atomic mass is 16.2. The monoisotopic (exact) mass is 272 g/mol. The Labute approximate surface area is 118 Å². The van der Waals surface area contributed by atoms with Gasteiger partial charge in [-0.1, -0.05) is 25.5 Å². The zero-order valence-corrected chi connectivity index (χ0v) is 11.8. The zero-order valence-electron chi connectivity index (χ0n) is 11.8. The van der Waals surface area contributed by atoms with E-state index in [1.165, 1.54) is 0 Å². The predicted octanol–water partition coefficient (Wildman–Crippen LogP) is 2.33. The summed E-state index contributed by atoms with van der Waals surface area (Å²) in [5.74, 6) is -0.182. The molecule has 1 atom stereocenters. The molecule has 3 N–H and O–H groups in total. The molecule has 2 rings (SSSR count). The van der Waals surface area contributed by atoms with Crippen LogP contribution in [-0.4, -0.2) is 21.2 Å². The van der Waals surface area contributed by atoms with E-state index in [4.69, 9.17) is 5.73 Å². The summed E-state index contributed by atoms with van der Waals surface area (Å²) >= 11 is 0. The number of nitrogens with one attached hydrogen (secondary N) is 1. The Morgan fingerprint density at radius 1 is 1.40 bits per heavy atom. The average molecular weight is 272 g/mol. The van der Waals surface area contributed by atoms with E-state index < -0.39 is 5.54 Å². The van der Waals surface area contributed by atoms with Crippen LogP contribution in [0.3, 0.4) is 0 Å². The molecule has 5 heteroatoms. The number of hydrogen-bond acceptors (Lipinski definition) is 3. The summed E-state index contributed by atoms with van der Waals surface area (Å²) < 4.78 is 1.71. The minimum atomic E-state index is -0.869. The van der Waals surface area contributed by atoms with Crippen molar-refractivity contribution in [2.75, 3.05) is 5.32 Å². The van der Waals surface area contributed by atoms with Crippen LogP contribution in [0.4, 0.5) is 5.69 Å². The molecule has 0 spiro atoms. The van der Waals surface area contributed by atoms with E-state index in [-0.39, 0.29) is 5.91 Å². The van der Waals surface area contributed by atoms with Gasteiger partial charge in [0.1, 0.15) is 0 Å². The first-order chi connectivity index (χ1) is 9.54. The van der Waals surface area contributed by atoms with Gasteiger partial charge in [0, 0.05) is 12.4 Å². The van der Waals surface area contributed by atoms with Gasteiger partial charge in [-0.2, -0.15) is 5.10 Å². The second kappa shape index (κ2) is 5.88. The first-order valence-electron chi connectivity index (χ1n) is 6.74. The molecular weight excluding hydrogens is 252 g/mol. The Hall–Kier alpha value is -2.14. The van der Waals surface area contributed by atoms with Crippen molar-refractivity contribution < 1.29 is 4.79 Å². The Kier molecular flexibility index (Phi) is 4.20. The number of benzene rings is 1. The highest BCUT2D eigenvalue weighted by Gasteiger charge is 2.27. The quantitative estimate of drug-likeness (QED) is 0.877. The first kappa shape index (κ1) is 14.3. The lowest BCUT2D eigenvalue weighted by Crippen LogP contribution is -2.48. The van der Waals surface area contributed by atoms with Crippen LogP contribution >= 0.6 is 0 Å². The van der Waals surface area contributed by atoms with E-state index in [9.17, 15) is 4.79 Å². The minimum Gasteiger partial charge on any atom is -0.323 e. The van der Waals surface area contributed by atoms with Crippen molar-refractivity contribution in [3.05, 3.63) is 42.7 Å². The lowest BCUT2D eigenvalue weighted by molar-refractivity contribution is -0.120. The molecule has 0 aliphatic rings. The summed E-state index contributed by atoms with van der Waals surface area (Å²) in [5.41, 5.74) is 6.70. The number of amides is 1. The highest BCUT2D eigenvalue weighted by Crippen LogP contribution is 2.21. The Morgan fingerprint density at radius 3 is 2.80 bits per heavy atom. The van der Waals surface area contributed by atoms with Gasteiger partial charge in [0.25, 0.3) is 0 Å². The number of nitrogens with two attached hydrogens (primary N) is 1. The van der Waals surface area contributed by atoms with Gasteiger partial charge in [-0.25, -0.2) is 4.68 Å². The Balaban J connectivity index is 2.25. The van der Waals surface area contributed by atoms with E-state index in [0.717, 1.165) is 12.1 Å².